The molecule has 0 radical (unpaired) electrons. The molecule has 0 saturated carbocycles. The molecule has 0 aliphatic carbocycles. The Hall–Kier alpha value is -1.03. The zero-order valence-electron chi connectivity index (χ0n) is 13.7. The van der Waals surface area contributed by atoms with E-state index in [1.54, 1.807) is 12.1 Å². The van der Waals surface area contributed by atoms with Crippen LogP contribution in [0.15, 0.2) is 24.3 Å². The highest BCUT2D eigenvalue weighted by molar-refractivity contribution is 5.31. The maximum Gasteiger partial charge on any atom is 0.416 e. The molecule has 0 spiro atoms. The van der Waals surface area contributed by atoms with E-state index in [1.165, 1.54) is 12.1 Å². The van der Waals surface area contributed by atoms with Gasteiger partial charge in [-0.2, -0.15) is 13.2 Å². The standard InChI is InChI=1S/C18H26F3N/c1-16(2,3)13-17(10-6-7-11-22-17)12-14-8-4-5-9-15(14)18(19,20)21/h4-5,8-9,22H,6-7,10-13H2,1-3H3. The van der Waals surface area contributed by atoms with E-state index in [-0.39, 0.29) is 11.0 Å². The summed E-state index contributed by atoms with van der Waals surface area (Å²) in [5, 5.41) is 3.55. The molecule has 1 heterocycles. The van der Waals surface area contributed by atoms with Crippen LogP contribution >= 0.6 is 0 Å². The Bertz CT molecular complexity index is 494. The fourth-order valence-corrected chi connectivity index (χ4v) is 3.73. The van der Waals surface area contributed by atoms with Gasteiger partial charge in [-0.1, -0.05) is 45.4 Å². The van der Waals surface area contributed by atoms with Crippen LogP contribution in [-0.4, -0.2) is 12.1 Å². The van der Waals surface area contributed by atoms with Gasteiger partial charge in [0.15, 0.2) is 0 Å². The lowest BCUT2D eigenvalue weighted by molar-refractivity contribution is -0.138. The fourth-order valence-electron chi connectivity index (χ4n) is 3.73. The van der Waals surface area contributed by atoms with E-state index in [0.717, 1.165) is 32.2 Å². The van der Waals surface area contributed by atoms with E-state index in [1.807, 2.05) is 0 Å². The Morgan fingerprint density at radius 1 is 1.09 bits per heavy atom. The van der Waals surface area contributed by atoms with Gasteiger partial charge in [0, 0.05) is 5.54 Å². The Kier molecular flexibility index (Phi) is 4.90. The Balaban J connectivity index is 2.32. The normalized spacial score (nSPS) is 23.5. The Labute approximate surface area is 131 Å². The molecule has 0 aromatic heterocycles. The van der Waals surface area contributed by atoms with Gasteiger partial charge in [-0.25, -0.2) is 0 Å². The van der Waals surface area contributed by atoms with Crippen LogP contribution in [0, 0.1) is 5.41 Å². The first-order valence-electron chi connectivity index (χ1n) is 8.02. The second-order valence-corrected chi connectivity index (χ2v) is 7.73. The van der Waals surface area contributed by atoms with Crippen molar-refractivity contribution in [2.45, 2.75) is 64.6 Å². The molecule has 1 aromatic rings. The molecule has 1 nitrogen and oxygen atoms in total. The van der Waals surface area contributed by atoms with Gasteiger partial charge in [0.1, 0.15) is 0 Å². The van der Waals surface area contributed by atoms with Crippen LogP contribution in [0.2, 0.25) is 0 Å². The number of hydrogen-bond acceptors (Lipinski definition) is 1. The van der Waals surface area contributed by atoms with Crippen molar-refractivity contribution < 1.29 is 13.2 Å². The summed E-state index contributed by atoms with van der Waals surface area (Å²) < 4.78 is 39.7. The average Bonchev–Trinajstić information content (AvgIpc) is 2.36. The minimum atomic E-state index is -4.28. The van der Waals surface area contributed by atoms with Gasteiger partial charge in [-0.15, -0.1) is 0 Å². The summed E-state index contributed by atoms with van der Waals surface area (Å²) in [5.41, 5.74) is -0.223. The number of nitrogens with one attached hydrogen (secondary N) is 1. The van der Waals surface area contributed by atoms with E-state index in [4.69, 9.17) is 0 Å². The third-order valence-corrected chi connectivity index (χ3v) is 4.30. The molecule has 4 heteroatoms. The topological polar surface area (TPSA) is 12.0 Å². The third-order valence-electron chi connectivity index (χ3n) is 4.30. The number of benzene rings is 1. The van der Waals surface area contributed by atoms with Crippen molar-refractivity contribution in [1.29, 1.82) is 0 Å². The fraction of sp³-hybridized carbons (Fsp3) is 0.667. The van der Waals surface area contributed by atoms with Crippen LogP contribution in [0.1, 0.15) is 57.6 Å². The van der Waals surface area contributed by atoms with Crippen molar-refractivity contribution in [1.82, 2.24) is 5.32 Å². The van der Waals surface area contributed by atoms with Crippen LogP contribution in [0.5, 0.6) is 0 Å². The smallest absolute Gasteiger partial charge is 0.311 e. The third kappa shape index (κ3) is 4.48. The van der Waals surface area contributed by atoms with Crippen molar-refractivity contribution in [3.8, 4) is 0 Å². The number of halogens is 3. The summed E-state index contributed by atoms with van der Waals surface area (Å²) in [6, 6.07) is 6.00. The molecule has 1 atom stereocenters. The van der Waals surface area contributed by atoms with Crippen LogP contribution < -0.4 is 5.32 Å². The number of alkyl halides is 3. The molecule has 1 aliphatic rings. The van der Waals surface area contributed by atoms with Crippen molar-refractivity contribution in [2.75, 3.05) is 6.54 Å². The van der Waals surface area contributed by atoms with Gasteiger partial charge < -0.3 is 5.32 Å². The summed E-state index contributed by atoms with van der Waals surface area (Å²) in [6.07, 6.45) is 0.168. The highest BCUT2D eigenvalue weighted by atomic mass is 19.4. The summed E-state index contributed by atoms with van der Waals surface area (Å²) in [4.78, 5) is 0. The highest BCUT2D eigenvalue weighted by Crippen LogP contribution is 2.39. The lowest BCUT2D eigenvalue weighted by Crippen LogP contribution is -2.52. The number of hydrogen-bond donors (Lipinski definition) is 1. The zero-order valence-corrected chi connectivity index (χ0v) is 13.7. The first-order valence-corrected chi connectivity index (χ1v) is 8.02. The first-order chi connectivity index (χ1) is 10.1. The molecule has 1 aromatic carbocycles. The minimum Gasteiger partial charge on any atom is -0.311 e. The van der Waals surface area contributed by atoms with Crippen LogP contribution in [0.3, 0.4) is 0 Å². The number of rotatable bonds is 3. The molecule has 1 fully saturated rings. The van der Waals surface area contributed by atoms with Crippen LogP contribution in [-0.2, 0) is 12.6 Å². The SMILES string of the molecule is CC(C)(C)CC1(Cc2ccccc2C(F)(F)F)CCCCN1. The summed E-state index contributed by atoms with van der Waals surface area (Å²) in [6.45, 7) is 7.35. The van der Waals surface area contributed by atoms with Gasteiger partial charge in [0.25, 0.3) is 0 Å². The molecule has 22 heavy (non-hydrogen) atoms. The van der Waals surface area contributed by atoms with Crippen molar-refractivity contribution in [3.63, 3.8) is 0 Å². The molecule has 2 rings (SSSR count). The van der Waals surface area contributed by atoms with Gasteiger partial charge in [0.2, 0.25) is 0 Å². The molecule has 1 N–H and O–H groups in total. The Morgan fingerprint density at radius 2 is 1.77 bits per heavy atom. The average molecular weight is 313 g/mol. The Morgan fingerprint density at radius 3 is 2.32 bits per heavy atom. The van der Waals surface area contributed by atoms with Crippen molar-refractivity contribution in [2.24, 2.45) is 5.41 Å². The predicted octanol–water partition coefficient (Wildman–Crippen LogP) is 5.20. The molecule has 124 valence electrons. The van der Waals surface area contributed by atoms with E-state index in [9.17, 15) is 13.2 Å². The lowest BCUT2D eigenvalue weighted by Gasteiger charge is -2.43. The summed E-state index contributed by atoms with van der Waals surface area (Å²) in [7, 11) is 0. The second-order valence-electron chi connectivity index (χ2n) is 7.73. The molecule has 0 amide bonds. The van der Waals surface area contributed by atoms with Crippen molar-refractivity contribution in [3.05, 3.63) is 35.4 Å². The molecule has 0 bridgehead atoms. The lowest BCUT2D eigenvalue weighted by atomic mass is 9.72. The molecule has 1 unspecified atom stereocenters. The van der Waals surface area contributed by atoms with E-state index < -0.39 is 11.7 Å². The van der Waals surface area contributed by atoms with Gasteiger partial charge in [-0.05, 0) is 49.3 Å². The molecular weight excluding hydrogens is 287 g/mol. The van der Waals surface area contributed by atoms with Gasteiger partial charge >= 0.3 is 6.18 Å². The summed E-state index contributed by atoms with van der Waals surface area (Å²) >= 11 is 0. The quantitative estimate of drug-likeness (QED) is 0.809. The van der Waals surface area contributed by atoms with Crippen molar-refractivity contribution >= 4 is 0 Å². The maximum atomic E-state index is 13.2. The molecule has 1 saturated heterocycles. The minimum absolute atomic E-state index is 0.0809. The second kappa shape index (κ2) is 6.23. The predicted molar refractivity (Wildman–Crippen MR) is 83.8 cm³/mol. The zero-order chi connectivity index (χ0) is 16.4. The van der Waals surface area contributed by atoms with Gasteiger partial charge in [0.05, 0.1) is 5.56 Å². The molecule has 1 aliphatic heterocycles. The monoisotopic (exact) mass is 313 g/mol. The highest BCUT2D eigenvalue weighted by Gasteiger charge is 2.39. The van der Waals surface area contributed by atoms with Gasteiger partial charge in [-0.3, -0.25) is 0 Å². The number of piperidine rings is 1. The van der Waals surface area contributed by atoms with Crippen LogP contribution in [0.4, 0.5) is 13.2 Å². The first kappa shape index (κ1) is 17.3. The van der Waals surface area contributed by atoms with E-state index in [2.05, 4.69) is 26.1 Å². The van der Waals surface area contributed by atoms with E-state index >= 15 is 0 Å². The van der Waals surface area contributed by atoms with Crippen LogP contribution in [0.25, 0.3) is 0 Å². The molecular formula is C18H26F3N. The largest absolute Gasteiger partial charge is 0.416 e. The van der Waals surface area contributed by atoms with E-state index in [0.29, 0.717) is 12.0 Å². The maximum absolute atomic E-state index is 13.2. The summed E-state index contributed by atoms with van der Waals surface area (Å²) in [5.74, 6) is 0.